The first kappa shape index (κ1) is 17.5. The van der Waals surface area contributed by atoms with Crippen molar-refractivity contribution < 1.29 is 9.53 Å². The highest BCUT2D eigenvalue weighted by Gasteiger charge is 2.31. The average Bonchev–Trinajstić information content (AvgIpc) is 3.10. The third-order valence-electron chi connectivity index (χ3n) is 4.73. The lowest BCUT2D eigenvalue weighted by atomic mass is 10.1. The molecule has 1 unspecified atom stereocenters. The SMILES string of the molecule is O=C(NC1CCCC1)C(/C(Cl)=C/c1ccccc1)N1CCOCC1. The molecule has 3 rings (SSSR count). The van der Waals surface area contributed by atoms with Crippen molar-refractivity contribution >= 4 is 23.6 Å². The van der Waals surface area contributed by atoms with Crippen molar-refractivity contribution in [3.8, 4) is 0 Å². The zero-order valence-electron chi connectivity index (χ0n) is 13.9. The highest BCUT2D eigenvalue weighted by Crippen LogP contribution is 2.23. The minimum atomic E-state index is -0.434. The molecular formula is C19H25ClN2O2. The van der Waals surface area contributed by atoms with Crippen molar-refractivity contribution in [2.24, 2.45) is 0 Å². The molecule has 1 aliphatic carbocycles. The molecule has 0 radical (unpaired) electrons. The lowest BCUT2D eigenvalue weighted by Gasteiger charge is -2.34. The van der Waals surface area contributed by atoms with Crippen LogP contribution in [-0.2, 0) is 9.53 Å². The lowest BCUT2D eigenvalue weighted by Crippen LogP contribution is -2.52. The Bertz CT molecular complexity index is 564. The van der Waals surface area contributed by atoms with E-state index in [0.717, 1.165) is 31.5 Å². The van der Waals surface area contributed by atoms with Gasteiger partial charge in [0.2, 0.25) is 5.91 Å². The number of halogens is 1. The molecule has 1 atom stereocenters. The van der Waals surface area contributed by atoms with Crippen molar-refractivity contribution in [1.29, 1.82) is 0 Å². The molecule has 1 N–H and O–H groups in total. The summed E-state index contributed by atoms with van der Waals surface area (Å²) in [7, 11) is 0. The number of amides is 1. The lowest BCUT2D eigenvalue weighted by molar-refractivity contribution is -0.127. The summed E-state index contributed by atoms with van der Waals surface area (Å²) in [5.41, 5.74) is 1.01. The number of nitrogens with zero attached hydrogens (tertiary/aromatic N) is 1. The molecule has 0 aromatic heterocycles. The molecule has 2 fully saturated rings. The number of benzene rings is 1. The van der Waals surface area contributed by atoms with E-state index in [0.29, 0.717) is 24.3 Å². The summed E-state index contributed by atoms with van der Waals surface area (Å²) in [5.74, 6) is 0.0148. The molecule has 1 amide bonds. The molecule has 2 aliphatic rings. The maximum Gasteiger partial charge on any atom is 0.243 e. The van der Waals surface area contributed by atoms with Gasteiger partial charge in [0.05, 0.1) is 13.2 Å². The smallest absolute Gasteiger partial charge is 0.243 e. The average molecular weight is 349 g/mol. The predicted octanol–water partition coefficient (Wildman–Crippen LogP) is 3.03. The third-order valence-corrected chi connectivity index (χ3v) is 5.04. The number of carbonyl (C=O) groups is 1. The van der Waals surface area contributed by atoms with Gasteiger partial charge >= 0.3 is 0 Å². The Morgan fingerprint density at radius 1 is 1.21 bits per heavy atom. The number of carbonyl (C=O) groups excluding carboxylic acids is 1. The van der Waals surface area contributed by atoms with E-state index < -0.39 is 6.04 Å². The molecule has 4 nitrogen and oxygen atoms in total. The largest absolute Gasteiger partial charge is 0.379 e. The van der Waals surface area contributed by atoms with Gasteiger partial charge in [-0.2, -0.15) is 0 Å². The first-order chi connectivity index (χ1) is 11.7. The summed E-state index contributed by atoms with van der Waals surface area (Å²) in [6, 6.07) is 9.76. The molecule has 0 bridgehead atoms. The van der Waals surface area contributed by atoms with Gasteiger partial charge in [-0.1, -0.05) is 54.8 Å². The van der Waals surface area contributed by atoms with Gasteiger partial charge in [-0.05, 0) is 24.5 Å². The van der Waals surface area contributed by atoms with E-state index in [1.54, 1.807) is 0 Å². The van der Waals surface area contributed by atoms with E-state index >= 15 is 0 Å². The quantitative estimate of drug-likeness (QED) is 0.889. The fourth-order valence-electron chi connectivity index (χ4n) is 3.44. The van der Waals surface area contributed by atoms with Crippen molar-refractivity contribution in [3.05, 3.63) is 40.9 Å². The molecular weight excluding hydrogens is 324 g/mol. The van der Waals surface area contributed by atoms with E-state index in [1.165, 1.54) is 12.8 Å². The molecule has 24 heavy (non-hydrogen) atoms. The topological polar surface area (TPSA) is 41.6 Å². The minimum Gasteiger partial charge on any atom is -0.379 e. The van der Waals surface area contributed by atoms with E-state index in [9.17, 15) is 4.79 Å². The Kier molecular flexibility index (Phi) is 6.30. The second-order valence-corrected chi connectivity index (χ2v) is 6.92. The zero-order valence-corrected chi connectivity index (χ0v) is 14.7. The van der Waals surface area contributed by atoms with Gasteiger partial charge in [0.1, 0.15) is 6.04 Å². The number of nitrogens with one attached hydrogen (secondary N) is 1. The van der Waals surface area contributed by atoms with Crippen LogP contribution in [0.4, 0.5) is 0 Å². The van der Waals surface area contributed by atoms with Gasteiger partial charge in [-0.15, -0.1) is 0 Å². The first-order valence-corrected chi connectivity index (χ1v) is 9.16. The second-order valence-electron chi connectivity index (χ2n) is 6.48. The van der Waals surface area contributed by atoms with Crippen LogP contribution in [0.5, 0.6) is 0 Å². The van der Waals surface area contributed by atoms with Crippen LogP contribution in [-0.4, -0.2) is 49.2 Å². The minimum absolute atomic E-state index is 0.0148. The monoisotopic (exact) mass is 348 g/mol. The number of hydrogen-bond donors (Lipinski definition) is 1. The van der Waals surface area contributed by atoms with Gasteiger partial charge < -0.3 is 10.1 Å². The van der Waals surface area contributed by atoms with Crippen LogP contribution >= 0.6 is 11.6 Å². The molecule has 1 aliphatic heterocycles. The first-order valence-electron chi connectivity index (χ1n) is 8.78. The number of hydrogen-bond acceptors (Lipinski definition) is 3. The van der Waals surface area contributed by atoms with Gasteiger partial charge in [0.25, 0.3) is 0 Å². The Balaban J connectivity index is 1.77. The van der Waals surface area contributed by atoms with Crippen LogP contribution in [0, 0.1) is 0 Å². The van der Waals surface area contributed by atoms with Crippen LogP contribution in [0.2, 0.25) is 0 Å². The molecule has 1 aromatic rings. The van der Waals surface area contributed by atoms with E-state index in [-0.39, 0.29) is 5.91 Å². The normalized spacial score (nSPS) is 21.6. The maximum atomic E-state index is 12.9. The fourth-order valence-corrected chi connectivity index (χ4v) is 3.80. The van der Waals surface area contributed by atoms with Gasteiger partial charge in [-0.3, -0.25) is 9.69 Å². The zero-order chi connectivity index (χ0) is 16.8. The second kappa shape index (κ2) is 8.65. The summed E-state index contributed by atoms with van der Waals surface area (Å²) in [6.45, 7) is 2.73. The summed E-state index contributed by atoms with van der Waals surface area (Å²) < 4.78 is 5.43. The summed E-state index contributed by atoms with van der Waals surface area (Å²) in [6.07, 6.45) is 6.43. The molecule has 130 valence electrons. The van der Waals surface area contributed by atoms with Crippen molar-refractivity contribution in [2.45, 2.75) is 37.8 Å². The van der Waals surface area contributed by atoms with Gasteiger partial charge in [0.15, 0.2) is 0 Å². The number of rotatable bonds is 5. The standard InChI is InChI=1S/C19H25ClN2O2/c20-17(14-15-6-2-1-3-7-15)18(22-10-12-24-13-11-22)19(23)21-16-8-4-5-9-16/h1-3,6-7,14,16,18H,4-5,8-13H2,(H,21,23)/b17-14-. The highest BCUT2D eigenvalue weighted by molar-refractivity contribution is 6.34. The van der Waals surface area contributed by atoms with Crippen LogP contribution in [0.3, 0.4) is 0 Å². The van der Waals surface area contributed by atoms with Crippen molar-refractivity contribution in [2.75, 3.05) is 26.3 Å². The van der Waals surface area contributed by atoms with Gasteiger partial charge in [-0.25, -0.2) is 0 Å². The van der Waals surface area contributed by atoms with Crippen molar-refractivity contribution in [1.82, 2.24) is 10.2 Å². The molecule has 0 spiro atoms. The van der Waals surface area contributed by atoms with Crippen LogP contribution in [0.25, 0.3) is 6.08 Å². The molecule has 1 aromatic carbocycles. The summed E-state index contributed by atoms with van der Waals surface area (Å²) >= 11 is 6.61. The number of morpholine rings is 1. The number of ether oxygens (including phenoxy) is 1. The summed E-state index contributed by atoms with van der Waals surface area (Å²) in [4.78, 5) is 15.0. The van der Waals surface area contributed by atoms with E-state index in [2.05, 4.69) is 10.2 Å². The van der Waals surface area contributed by atoms with Crippen molar-refractivity contribution in [3.63, 3.8) is 0 Å². The predicted molar refractivity (Wildman–Crippen MR) is 96.9 cm³/mol. The Morgan fingerprint density at radius 3 is 2.54 bits per heavy atom. The molecule has 5 heteroatoms. The Hall–Kier alpha value is -1.36. The fraction of sp³-hybridized carbons (Fsp3) is 0.526. The Morgan fingerprint density at radius 2 is 1.88 bits per heavy atom. The van der Waals surface area contributed by atoms with E-state index in [1.807, 2.05) is 36.4 Å². The van der Waals surface area contributed by atoms with Crippen LogP contribution in [0.1, 0.15) is 31.2 Å². The van der Waals surface area contributed by atoms with Crippen LogP contribution in [0.15, 0.2) is 35.4 Å². The summed E-state index contributed by atoms with van der Waals surface area (Å²) in [5, 5.41) is 3.76. The maximum absolute atomic E-state index is 12.9. The van der Waals surface area contributed by atoms with Crippen LogP contribution < -0.4 is 5.32 Å². The van der Waals surface area contributed by atoms with Gasteiger partial charge in [0, 0.05) is 24.2 Å². The van der Waals surface area contributed by atoms with E-state index in [4.69, 9.17) is 16.3 Å². The third kappa shape index (κ3) is 4.59. The molecule has 1 heterocycles. The highest BCUT2D eigenvalue weighted by atomic mass is 35.5. The molecule has 1 saturated heterocycles. The molecule has 1 saturated carbocycles. The Labute approximate surface area is 148 Å².